The first-order valence-electron chi connectivity index (χ1n) is 7.62. The Labute approximate surface area is 142 Å². The molecule has 3 rings (SSSR count). The van der Waals surface area contributed by atoms with Gasteiger partial charge in [0.2, 0.25) is 15.9 Å². The molecule has 1 saturated carbocycles. The lowest BCUT2D eigenvalue weighted by molar-refractivity contribution is -0.121. The van der Waals surface area contributed by atoms with Crippen LogP contribution in [0.1, 0.15) is 32.1 Å². The van der Waals surface area contributed by atoms with Crippen LogP contribution in [-0.2, 0) is 14.8 Å². The number of hydrogen-bond acceptors (Lipinski definition) is 4. The number of amides is 1. The Balaban J connectivity index is 0.00000192. The third kappa shape index (κ3) is 3.62. The molecule has 0 unspecified atom stereocenters. The highest BCUT2D eigenvalue weighted by molar-refractivity contribution is 7.93. The van der Waals surface area contributed by atoms with Crippen LogP contribution in [-0.4, -0.2) is 32.2 Å². The summed E-state index contributed by atoms with van der Waals surface area (Å²) in [6, 6.07) is 6.88. The zero-order chi connectivity index (χ0) is 15.8. The molecule has 1 aromatic carbocycles. The Morgan fingerprint density at radius 3 is 2.26 bits per heavy atom. The van der Waals surface area contributed by atoms with Crippen LogP contribution in [0.25, 0.3) is 0 Å². The second-order valence-electron chi connectivity index (χ2n) is 6.11. The molecule has 1 saturated heterocycles. The fourth-order valence-electron chi connectivity index (χ4n) is 3.13. The Bertz CT molecular complexity index is 670. The molecule has 1 aromatic rings. The minimum absolute atomic E-state index is 0. The number of hydrogen-bond donors (Lipinski definition) is 2. The number of benzene rings is 1. The van der Waals surface area contributed by atoms with Gasteiger partial charge in [0.1, 0.15) is 0 Å². The average molecular weight is 360 g/mol. The topological polar surface area (TPSA) is 92.5 Å². The Kier molecular flexibility index (Phi) is 5.23. The number of nitrogens with two attached hydrogens (primary N) is 1. The highest BCUT2D eigenvalue weighted by atomic mass is 35.5. The van der Waals surface area contributed by atoms with Crippen molar-refractivity contribution in [3.8, 4) is 0 Å². The van der Waals surface area contributed by atoms with Gasteiger partial charge in [-0.1, -0.05) is 12.8 Å². The molecule has 1 amide bonds. The van der Waals surface area contributed by atoms with E-state index in [-0.39, 0.29) is 24.1 Å². The quantitative estimate of drug-likeness (QED) is 0.861. The normalized spacial score (nSPS) is 21.7. The lowest BCUT2D eigenvalue weighted by atomic mass is 9.98. The van der Waals surface area contributed by atoms with Crippen molar-refractivity contribution < 1.29 is 13.2 Å². The van der Waals surface area contributed by atoms with E-state index in [1.54, 1.807) is 24.3 Å². The van der Waals surface area contributed by atoms with Crippen molar-refractivity contribution in [1.82, 2.24) is 0 Å². The van der Waals surface area contributed by atoms with Crippen molar-refractivity contribution in [2.75, 3.05) is 21.9 Å². The largest absolute Gasteiger partial charge is 0.324 e. The van der Waals surface area contributed by atoms with Crippen LogP contribution in [0.3, 0.4) is 0 Å². The van der Waals surface area contributed by atoms with Crippen LogP contribution in [0.15, 0.2) is 24.3 Å². The second-order valence-corrected chi connectivity index (χ2v) is 8.12. The Morgan fingerprint density at radius 2 is 1.74 bits per heavy atom. The van der Waals surface area contributed by atoms with Gasteiger partial charge in [-0.15, -0.1) is 12.4 Å². The van der Waals surface area contributed by atoms with Gasteiger partial charge in [-0.3, -0.25) is 9.10 Å². The standard InChI is InChI=1S/C15H21N3O3S.ClH/c16-15(8-1-2-9-15)14(19)17-12-4-6-13(7-5-12)18-10-3-11-22(18,20)21;/h4-7H,1-3,8-11,16H2,(H,17,19);1H. The summed E-state index contributed by atoms with van der Waals surface area (Å²) in [5.41, 5.74) is 6.63. The average Bonchev–Trinajstić information content (AvgIpc) is 3.06. The summed E-state index contributed by atoms with van der Waals surface area (Å²) in [6.07, 6.45) is 4.04. The summed E-state index contributed by atoms with van der Waals surface area (Å²) in [7, 11) is -3.17. The molecular formula is C15H22ClN3O3S. The maximum atomic E-state index is 12.2. The van der Waals surface area contributed by atoms with Gasteiger partial charge in [0.15, 0.2) is 0 Å². The maximum absolute atomic E-state index is 12.2. The van der Waals surface area contributed by atoms with E-state index in [9.17, 15) is 13.2 Å². The van der Waals surface area contributed by atoms with Gasteiger partial charge >= 0.3 is 0 Å². The number of rotatable bonds is 3. The minimum Gasteiger partial charge on any atom is -0.324 e. The molecule has 128 valence electrons. The predicted octanol–water partition coefficient (Wildman–Crippen LogP) is 1.86. The van der Waals surface area contributed by atoms with E-state index in [1.807, 2.05) is 0 Å². The molecule has 23 heavy (non-hydrogen) atoms. The van der Waals surface area contributed by atoms with Crippen molar-refractivity contribution >= 4 is 39.7 Å². The van der Waals surface area contributed by atoms with E-state index in [0.29, 0.717) is 37.2 Å². The fourth-order valence-corrected chi connectivity index (χ4v) is 4.69. The minimum atomic E-state index is -3.17. The van der Waals surface area contributed by atoms with Crippen molar-refractivity contribution in [1.29, 1.82) is 0 Å². The fraction of sp³-hybridized carbons (Fsp3) is 0.533. The van der Waals surface area contributed by atoms with Gasteiger partial charge in [0, 0.05) is 12.2 Å². The number of sulfonamides is 1. The molecule has 8 heteroatoms. The summed E-state index contributed by atoms with van der Waals surface area (Å²) in [5, 5.41) is 2.83. The number of anilines is 2. The molecule has 1 heterocycles. The molecule has 3 N–H and O–H groups in total. The van der Waals surface area contributed by atoms with Crippen LogP contribution >= 0.6 is 12.4 Å². The second kappa shape index (κ2) is 6.67. The van der Waals surface area contributed by atoms with Crippen LogP contribution < -0.4 is 15.4 Å². The first-order valence-corrected chi connectivity index (χ1v) is 9.22. The van der Waals surface area contributed by atoms with E-state index in [2.05, 4.69) is 5.32 Å². The van der Waals surface area contributed by atoms with E-state index in [1.165, 1.54) is 4.31 Å². The monoisotopic (exact) mass is 359 g/mol. The molecule has 0 radical (unpaired) electrons. The molecule has 0 bridgehead atoms. The van der Waals surface area contributed by atoms with Crippen molar-refractivity contribution in [2.24, 2.45) is 5.73 Å². The first kappa shape index (κ1) is 18.0. The summed E-state index contributed by atoms with van der Waals surface area (Å²) < 4.78 is 25.2. The van der Waals surface area contributed by atoms with E-state index < -0.39 is 15.6 Å². The predicted molar refractivity (Wildman–Crippen MR) is 93.5 cm³/mol. The zero-order valence-electron chi connectivity index (χ0n) is 12.8. The van der Waals surface area contributed by atoms with E-state index >= 15 is 0 Å². The van der Waals surface area contributed by atoms with Crippen LogP contribution in [0.4, 0.5) is 11.4 Å². The molecule has 2 fully saturated rings. The smallest absolute Gasteiger partial charge is 0.244 e. The molecule has 6 nitrogen and oxygen atoms in total. The molecule has 1 aliphatic carbocycles. The van der Waals surface area contributed by atoms with Gasteiger partial charge in [-0.25, -0.2) is 8.42 Å². The van der Waals surface area contributed by atoms with Crippen LogP contribution in [0.5, 0.6) is 0 Å². The molecule has 0 atom stereocenters. The van der Waals surface area contributed by atoms with Crippen LogP contribution in [0, 0.1) is 0 Å². The first-order chi connectivity index (χ1) is 10.4. The number of carbonyl (C=O) groups is 1. The number of carbonyl (C=O) groups excluding carboxylic acids is 1. The summed E-state index contributed by atoms with van der Waals surface area (Å²) in [6.45, 7) is 0.514. The van der Waals surface area contributed by atoms with Gasteiger partial charge in [0.05, 0.1) is 17.0 Å². The molecular weight excluding hydrogens is 338 g/mol. The van der Waals surface area contributed by atoms with E-state index in [0.717, 1.165) is 12.8 Å². The maximum Gasteiger partial charge on any atom is 0.244 e. The molecule has 0 spiro atoms. The SMILES string of the molecule is Cl.NC1(C(=O)Nc2ccc(N3CCCS3(=O)=O)cc2)CCCC1. The number of halogens is 1. The summed E-state index contributed by atoms with van der Waals surface area (Å²) in [4.78, 5) is 12.2. The van der Waals surface area contributed by atoms with Gasteiger partial charge in [-0.05, 0) is 43.5 Å². The highest BCUT2D eigenvalue weighted by Gasteiger charge is 2.37. The van der Waals surface area contributed by atoms with Crippen LogP contribution in [0.2, 0.25) is 0 Å². The summed E-state index contributed by atoms with van der Waals surface area (Å²) >= 11 is 0. The highest BCUT2D eigenvalue weighted by Crippen LogP contribution is 2.29. The van der Waals surface area contributed by atoms with Gasteiger partial charge in [-0.2, -0.15) is 0 Å². The van der Waals surface area contributed by atoms with Gasteiger partial charge < -0.3 is 11.1 Å². The molecule has 2 aliphatic rings. The summed E-state index contributed by atoms with van der Waals surface area (Å²) in [5.74, 6) is 0.0350. The van der Waals surface area contributed by atoms with Gasteiger partial charge in [0.25, 0.3) is 0 Å². The molecule has 0 aromatic heterocycles. The third-order valence-electron chi connectivity index (χ3n) is 4.46. The number of nitrogens with zero attached hydrogens (tertiary/aromatic N) is 1. The zero-order valence-corrected chi connectivity index (χ0v) is 14.5. The molecule has 1 aliphatic heterocycles. The Morgan fingerprint density at radius 1 is 1.13 bits per heavy atom. The lowest BCUT2D eigenvalue weighted by Crippen LogP contribution is -2.48. The third-order valence-corrected chi connectivity index (χ3v) is 6.33. The lowest BCUT2D eigenvalue weighted by Gasteiger charge is -2.22. The van der Waals surface area contributed by atoms with E-state index in [4.69, 9.17) is 5.73 Å². The number of nitrogens with one attached hydrogen (secondary N) is 1. The van der Waals surface area contributed by atoms with Crippen molar-refractivity contribution in [3.05, 3.63) is 24.3 Å². The van der Waals surface area contributed by atoms with Crippen molar-refractivity contribution in [3.63, 3.8) is 0 Å². The van der Waals surface area contributed by atoms with Crippen molar-refractivity contribution in [2.45, 2.75) is 37.6 Å². The Hall–Kier alpha value is -1.31.